The van der Waals surface area contributed by atoms with Crippen LogP contribution in [0.2, 0.25) is 0 Å². The molecule has 1 aliphatic rings. The molecule has 0 aromatic carbocycles. The molecular weight excluding hydrogens is 288 g/mol. The van der Waals surface area contributed by atoms with Crippen LogP contribution < -0.4 is 4.90 Å². The fourth-order valence-electron chi connectivity index (χ4n) is 2.89. The minimum absolute atomic E-state index is 0.370. The Morgan fingerprint density at radius 2 is 2.14 bits per heavy atom. The maximum atomic E-state index is 10.6. The smallest absolute Gasteiger partial charge is 0.167 e. The molecule has 8 nitrogen and oxygen atoms in total. The summed E-state index contributed by atoms with van der Waals surface area (Å²) in [6, 6.07) is 1.84. The number of aliphatic hydroxyl groups excluding tert-OH is 2. The lowest BCUT2D eigenvalue weighted by Crippen LogP contribution is -2.44. The van der Waals surface area contributed by atoms with E-state index in [1.54, 1.807) is 10.8 Å². The van der Waals surface area contributed by atoms with E-state index >= 15 is 0 Å². The molecule has 0 amide bonds. The van der Waals surface area contributed by atoms with Gasteiger partial charge in [0.2, 0.25) is 0 Å². The molecule has 0 saturated carbocycles. The molecule has 3 heterocycles. The van der Waals surface area contributed by atoms with Crippen LogP contribution in [0.3, 0.4) is 0 Å². The van der Waals surface area contributed by atoms with Gasteiger partial charge in [-0.2, -0.15) is 0 Å². The first-order valence-corrected chi connectivity index (χ1v) is 7.03. The first-order chi connectivity index (χ1) is 10.4. The standard InChI is InChI=1S/C14H20N4O4/c1-14(21)10(20)9(6-19)22-13(14)18-5-4-8-11(17(2)3)15-7-16-12(8)18/h4-5,7,9-10,13,19-21H,6H2,1-3H3. The molecule has 0 radical (unpaired) electrons. The highest BCUT2D eigenvalue weighted by molar-refractivity contribution is 5.87. The summed E-state index contributed by atoms with van der Waals surface area (Å²) >= 11 is 0. The predicted molar refractivity (Wildman–Crippen MR) is 79.5 cm³/mol. The zero-order chi connectivity index (χ0) is 16.1. The molecule has 22 heavy (non-hydrogen) atoms. The van der Waals surface area contributed by atoms with Crippen LogP contribution in [0.15, 0.2) is 18.6 Å². The Morgan fingerprint density at radius 3 is 2.73 bits per heavy atom. The van der Waals surface area contributed by atoms with Gasteiger partial charge in [0.15, 0.2) is 6.23 Å². The Balaban J connectivity index is 2.10. The van der Waals surface area contributed by atoms with Crippen molar-refractivity contribution in [2.75, 3.05) is 25.6 Å². The van der Waals surface area contributed by atoms with Crippen molar-refractivity contribution in [1.29, 1.82) is 0 Å². The molecule has 1 aliphatic heterocycles. The number of fused-ring (bicyclic) bond motifs is 1. The molecule has 2 aromatic rings. The van der Waals surface area contributed by atoms with Crippen LogP contribution >= 0.6 is 0 Å². The van der Waals surface area contributed by atoms with Gasteiger partial charge in [-0.15, -0.1) is 0 Å². The molecular formula is C14H20N4O4. The maximum absolute atomic E-state index is 10.6. The van der Waals surface area contributed by atoms with Gasteiger partial charge in [-0.25, -0.2) is 9.97 Å². The topological polar surface area (TPSA) is 104 Å². The monoisotopic (exact) mass is 308 g/mol. The molecule has 4 unspecified atom stereocenters. The number of nitrogens with zero attached hydrogens (tertiary/aromatic N) is 4. The van der Waals surface area contributed by atoms with Crippen LogP contribution in [0.1, 0.15) is 13.2 Å². The van der Waals surface area contributed by atoms with E-state index < -0.39 is 24.0 Å². The summed E-state index contributed by atoms with van der Waals surface area (Å²) in [4.78, 5) is 10.4. The van der Waals surface area contributed by atoms with Crippen molar-refractivity contribution in [3.05, 3.63) is 18.6 Å². The van der Waals surface area contributed by atoms with Gasteiger partial charge in [0.1, 0.15) is 35.6 Å². The second-order valence-electron chi connectivity index (χ2n) is 5.93. The van der Waals surface area contributed by atoms with Crippen molar-refractivity contribution in [1.82, 2.24) is 14.5 Å². The summed E-state index contributed by atoms with van der Waals surface area (Å²) in [5.41, 5.74) is -0.947. The Labute approximate surface area is 127 Å². The van der Waals surface area contributed by atoms with Crippen molar-refractivity contribution in [3.63, 3.8) is 0 Å². The number of anilines is 1. The highest BCUT2D eigenvalue weighted by atomic mass is 16.6. The SMILES string of the molecule is CN(C)c1ncnc2c1ccn2C1OC(CO)C(O)C1(C)O. The van der Waals surface area contributed by atoms with E-state index in [0.29, 0.717) is 5.65 Å². The van der Waals surface area contributed by atoms with E-state index in [4.69, 9.17) is 4.74 Å². The van der Waals surface area contributed by atoms with Gasteiger partial charge in [0.05, 0.1) is 12.0 Å². The molecule has 3 N–H and O–H groups in total. The van der Waals surface area contributed by atoms with E-state index in [1.807, 2.05) is 25.1 Å². The lowest BCUT2D eigenvalue weighted by atomic mass is 9.96. The molecule has 120 valence electrons. The third-order valence-corrected chi connectivity index (χ3v) is 4.10. The first kappa shape index (κ1) is 15.2. The van der Waals surface area contributed by atoms with Crippen molar-refractivity contribution < 1.29 is 20.1 Å². The lowest BCUT2D eigenvalue weighted by molar-refractivity contribution is -0.0948. The highest BCUT2D eigenvalue weighted by Gasteiger charge is 2.53. The minimum atomic E-state index is -1.54. The van der Waals surface area contributed by atoms with Crippen LogP contribution in [-0.4, -0.2) is 68.4 Å². The Hall–Kier alpha value is -1.74. The third-order valence-electron chi connectivity index (χ3n) is 4.10. The Bertz CT molecular complexity index is 685. The lowest BCUT2D eigenvalue weighted by Gasteiger charge is -2.27. The molecule has 2 aromatic heterocycles. The largest absolute Gasteiger partial charge is 0.394 e. The van der Waals surface area contributed by atoms with Crippen LogP contribution in [0.4, 0.5) is 5.82 Å². The second-order valence-corrected chi connectivity index (χ2v) is 5.93. The molecule has 0 spiro atoms. The Kier molecular flexibility index (Phi) is 3.56. The van der Waals surface area contributed by atoms with E-state index in [9.17, 15) is 15.3 Å². The second kappa shape index (κ2) is 5.17. The average Bonchev–Trinajstić information content (AvgIpc) is 2.99. The van der Waals surface area contributed by atoms with Crippen LogP contribution in [0.25, 0.3) is 11.0 Å². The molecule has 0 aliphatic carbocycles. The van der Waals surface area contributed by atoms with E-state index in [0.717, 1.165) is 11.2 Å². The quantitative estimate of drug-likeness (QED) is 0.702. The Morgan fingerprint density at radius 1 is 1.41 bits per heavy atom. The zero-order valence-corrected chi connectivity index (χ0v) is 12.7. The molecule has 8 heteroatoms. The van der Waals surface area contributed by atoms with Crippen LogP contribution in [0.5, 0.6) is 0 Å². The van der Waals surface area contributed by atoms with Gasteiger partial charge in [-0.1, -0.05) is 0 Å². The number of aliphatic hydroxyl groups is 3. The zero-order valence-electron chi connectivity index (χ0n) is 12.7. The summed E-state index contributed by atoms with van der Waals surface area (Å²) in [6.45, 7) is 1.11. The normalized spacial score (nSPS) is 31.8. The van der Waals surface area contributed by atoms with Crippen molar-refractivity contribution in [3.8, 4) is 0 Å². The number of hydrogen-bond donors (Lipinski definition) is 3. The summed E-state index contributed by atoms with van der Waals surface area (Å²) in [6.07, 6.45) is 0.306. The maximum Gasteiger partial charge on any atom is 0.167 e. The highest BCUT2D eigenvalue weighted by Crippen LogP contribution is 2.40. The van der Waals surface area contributed by atoms with Gasteiger partial charge in [-0.3, -0.25) is 0 Å². The van der Waals surface area contributed by atoms with Crippen LogP contribution in [-0.2, 0) is 4.74 Å². The number of ether oxygens (including phenoxy) is 1. The van der Waals surface area contributed by atoms with E-state index in [1.165, 1.54) is 13.3 Å². The molecule has 0 bridgehead atoms. The van der Waals surface area contributed by atoms with Gasteiger partial charge >= 0.3 is 0 Å². The fourth-order valence-corrected chi connectivity index (χ4v) is 2.89. The van der Waals surface area contributed by atoms with Gasteiger partial charge < -0.3 is 29.5 Å². The summed E-state index contributed by atoms with van der Waals surface area (Å²) in [5, 5.41) is 30.8. The predicted octanol–water partition coefficient (Wildman–Crippen LogP) is -0.501. The van der Waals surface area contributed by atoms with Gasteiger partial charge in [0.25, 0.3) is 0 Å². The van der Waals surface area contributed by atoms with Crippen molar-refractivity contribution in [2.45, 2.75) is 31.0 Å². The fraction of sp³-hybridized carbons (Fsp3) is 0.571. The summed E-state index contributed by atoms with van der Waals surface area (Å²) < 4.78 is 7.29. The average molecular weight is 308 g/mol. The van der Waals surface area contributed by atoms with Crippen molar-refractivity contribution in [2.24, 2.45) is 0 Å². The number of hydrogen-bond acceptors (Lipinski definition) is 7. The summed E-state index contributed by atoms with van der Waals surface area (Å²) in [5.74, 6) is 0.751. The molecule has 3 rings (SSSR count). The summed E-state index contributed by atoms with van der Waals surface area (Å²) in [7, 11) is 3.76. The minimum Gasteiger partial charge on any atom is -0.394 e. The first-order valence-electron chi connectivity index (χ1n) is 7.03. The molecule has 4 atom stereocenters. The van der Waals surface area contributed by atoms with Crippen LogP contribution in [0, 0.1) is 0 Å². The van der Waals surface area contributed by atoms with Gasteiger partial charge in [0, 0.05) is 20.3 Å². The van der Waals surface area contributed by atoms with E-state index in [-0.39, 0.29) is 6.61 Å². The van der Waals surface area contributed by atoms with Crippen molar-refractivity contribution >= 4 is 16.9 Å². The molecule has 1 saturated heterocycles. The number of aromatic nitrogens is 3. The van der Waals surface area contributed by atoms with E-state index in [2.05, 4.69) is 9.97 Å². The van der Waals surface area contributed by atoms with Gasteiger partial charge in [-0.05, 0) is 13.0 Å². The molecule has 1 fully saturated rings. The third kappa shape index (κ3) is 2.07. The number of rotatable bonds is 3.